The number of hydrogen-bond acceptors (Lipinski definition) is 3. The molecule has 0 aliphatic rings. The number of thiocarbonyl (C=S) groups is 1. The van der Waals surface area contributed by atoms with Crippen LogP contribution in [0.3, 0.4) is 0 Å². The Hall–Kier alpha value is -0.850. The molecule has 0 aliphatic carbocycles. The van der Waals surface area contributed by atoms with Crippen molar-refractivity contribution in [3.8, 4) is 0 Å². The van der Waals surface area contributed by atoms with Crippen molar-refractivity contribution in [2.45, 2.75) is 26.3 Å². The van der Waals surface area contributed by atoms with Crippen LogP contribution in [0.4, 0.5) is 0 Å². The number of aromatic nitrogens is 2. The average Bonchev–Trinajstić information content (AvgIpc) is 2.80. The predicted molar refractivity (Wildman–Crippen MR) is 81.6 cm³/mol. The zero-order valence-corrected chi connectivity index (χ0v) is 12.8. The molecule has 7 heteroatoms. The fourth-order valence-electron chi connectivity index (χ4n) is 1.49. The number of aryl methyl sites for hydroxylation is 1. The van der Waals surface area contributed by atoms with Crippen LogP contribution in [-0.4, -0.2) is 41.2 Å². The van der Waals surface area contributed by atoms with Gasteiger partial charge in [0.15, 0.2) is 5.11 Å². The molecule has 0 atom stereocenters. The molecule has 1 aromatic rings. The van der Waals surface area contributed by atoms with Crippen LogP contribution in [-0.2, 0) is 11.3 Å². The molecule has 2 N–H and O–H groups in total. The van der Waals surface area contributed by atoms with Crippen LogP contribution in [0.1, 0.15) is 19.8 Å². The minimum Gasteiger partial charge on any atom is -0.382 e. The summed E-state index contributed by atoms with van der Waals surface area (Å²) in [5.41, 5.74) is 0. The first-order chi connectivity index (χ1) is 9.22. The molecule has 0 saturated carbocycles. The molecule has 0 radical (unpaired) electrons. The molecular weight excluding hydrogens is 284 g/mol. The monoisotopic (exact) mass is 304 g/mol. The van der Waals surface area contributed by atoms with E-state index < -0.39 is 0 Å². The molecule has 1 heterocycles. The highest BCUT2D eigenvalue weighted by Crippen LogP contribution is 2.04. The molecule has 19 heavy (non-hydrogen) atoms. The lowest BCUT2D eigenvalue weighted by molar-refractivity contribution is 0.145. The molecular formula is C12H21ClN4OS. The quantitative estimate of drug-likeness (QED) is 0.538. The summed E-state index contributed by atoms with van der Waals surface area (Å²) in [5, 5.41) is 11.8. The molecule has 0 bridgehead atoms. The van der Waals surface area contributed by atoms with Gasteiger partial charge in [0, 0.05) is 39.0 Å². The Labute approximate surface area is 124 Å². The third-order valence-electron chi connectivity index (χ3n) is 2.41. The first-order valence-electron chi connectivity index (χ1n) is 6.49. The summed E-state index contributed by atoms with van der Waals surface area (Å²) in [5.74, 6) is 0. The van der Waals surface area contributed by atoms with Gasteiger partial charge in [0.1, 0.15) is 0 Å². The average molecular weight is 305 g/mol. The van der Waals surface area contributed by atoms with Gasteiger partial charge in [-0.05, 0) is 32.0 Å². The number of hydrogen-bond donors (Lipinski definition) is 2. The van der Waals surface area contributed by atoms with Gasteiger partial charge in [-0.3, -0.25) is 4.68 Å². The zero-order valence-electron chi connectivity index (χ0n) is 11.2. The molecule has 0 aliphatic heterocycles. The highest BCUT2D eigenvalue weighted by molar-refractivity contribution is 7.80. The molecule has 0 spiro atoms. The molecule has 1 rings (SSSR count). The van der Waals surface area contributed by atoms with Crippen molar-refractivity contribution in [1.29, 1.82) is 0 Å². The largest absolute Gasteiger partial charge is 0.382 e. The molecule has 0 aromatic carbocycles. The van der Waals surface area contributed by atoms with Crippen LogP contribution < -0.4 is 10.6 Å². The Kier molecular flexibility index (Phi) is 8.53. The normalized spacial score (nSPS) is 10.4. The van der Waals surface area contributed by atoms with Crippen molar-refractivity contribution in [3.05, 3.63) is 17.4 Å². The highest BCUT2D eigenvalue weighted by atomic mass is 35.5. The summed E-state index contributed by atoms with van der Waals surface area (Å²) >= 11 is 10.9. The third-order valence-corrected chi connectivity index (χ3v) is 2.89. The summed E-state index contributed by atoms with van der Waals surface area (Å²) in [7, 11) is 0. The van der Waals surface area contributed by atoms with Crippen LogP contribution >= 0.6 is 23.8 Å². The van der Waals surface area contributed by atoms with Crippen molar-refractivity contribution in [3.63, 3.8) is 0 Å². The Morgan fingerprint density at radius 3 is 2.79 bits per heavy atom. The van der Waals surface area contributed by atoms with Gasteiger partial charge in [0.25, 0.3) is 0 Å². The summed E-state index contributed by atoms with van der Waals surface area (Å²) < 4.78 is 7.06. The maximum Gasteiger partial charge on any atom is 0.166 e. The lowest BCUT2D eigenvalue weighted by Crippen LogP contribution is -2.36. The lowest BCUT2D eigenvalue weighted by Gasteiger charge is -2.10. The van der Waals surface area contributed by atoms with E-state index >= 15 is 0 Å². The highest BCUT2D eigenvalue weighted by Gasteiger charge is 1.97. The van der Waals surface area contributed by atoms with Gasteiger partial charge in [-0.15, -0.1) is 0 Å². The van der Waals surface area contributed by atoms with E-state index in [1.807, 2.05) is 17.8 Å². The lowest BCUT2D eigenvalue weighted by atomic mass is 10.4. The van der Waals surface area contributed by atoms with E-state index in [0.717, 1.165) is 45.7 Å². The maximum absolute atomic E-state index is 5.78. The van der Waals surface area contributed by atoms with Gasteiger partial charge < -0.3 is 15.4 Å². The molecule has 108 valence electrons. The van der Waals surface area contributed by atoms with Gasteiger partial charge in [0.05, 0.1) is 11.2 Å². The third kappa shape index (κ3) is 8.02. The first kappa shape index (κ1) is 16.2. The van der Waals surface area contributed by atoms with Gasteiger partial charge in [0.2, 0.25) is 0 Å². The fraction of sp³-hybridized carbons (Fsp3) is 0.667. The van der Waals surface area contributed by atoms with Crippen LogP contribution in [0.25, 0.3) is 0 Å². The molecule has 5 nitrogen and oxygen atoms in total. The van der Waals surface area contributed by atoms with Crippen molar-refractivity contribution in [1.82, 2.24) is 20.4 Å². The number of nitrogens with zero attached hydrogens (tertiary/aromatic N) is 2. The smallest absolute Gasteiger partial charge is 0.166 e. The fourth-order valence-corrected chi connectivity index (χ4v) is 1.85. The van der Waals surface area contributed by atoms with E-state index in [1.165, 1.54) is 0 Å². The van der Waals surface area contributed by atoms with Crippen molar-refractivity contribution < 1.29 is 4.74 Å². The Morgan fingerprint density at radius 1 is 1.42 bits per heavy atom. The predicted octanol–water partition coefficient (Wildman–Crippen LogP) is 1.82. The van der Waals surface area contributed by atoms with E-state index in [9.17, 15) is 0 Å². The second-order valence-electron chi connectivity index (χ2n) is 4.01. The van der Waals surface area contributed by atoms with Gasteiger partial charge in [-0.25, -0.2) is 0 Å². The summed E-state index contributed by atoms with van der Waals surface area (Å²) in [6, 6.07) is 0. The van der Waals surface area contributed by atoms with Crippen LogP contribution in [0, 0.1) is 0 Å². The maximum atomic E-state index is 5.78. The zero-order chi connectivity index (χ0) is 13.9. The van der Waals surface area contributed by atoms with E-state index in [4.69, 9.17) is 28.6 Å². The molecule has 0 unspecified atom stereocenters. The number of nitrogens with one attached hydrogen (secondary N) is 2. The molecule has 1 aromatic heterocycles. The number of halogens is 1. The summed E-state index contributed by atoms with van der Waals surface area (Å²) in [6.07, 6.45) is 5.35. The summed E-state index contributed by atoms with van der Waals surface area (Å²) in [6.45, 7) is 6.00. The number of rotatable bonds is 9. The van der Waals surface area contributed by atoms with Gasteiger partial charge >= 0.3 is 0 Å². The van der Waals surface area contributed by atoms with E-state index in [0.29, 0.717) is 10.1 Å². The molecule has 0 fully saturated rings. The Balaban J connectivity index is 1.95. The number of ether oxygens (including phenoxy) is 1. The molecule has 0 saturated heterocycles. The van der Waals surface area contributed by atoms with E-state index in [-0.39, 0.29) is 0 Å². The van der Waals surface area contributed by atoms with E-state index in [1.54, 1.807) is 6.20 Å². The minimum absolute atomic E-state index is 0.666. The van der Waals surface area contributed by atoms with Gasteiger partial charge in [-0.2, -0.15) is 5.10 Å². The Bertz CT molecular complexity index is 372. The Morgan fingerprint density at radius 2 is 2.16 bits per heavy atom. The van der Waals surface area contributed by atoms with Gasteiger partial charge in [-0.1, -0.05) is 11.6 Å². The molecule has 0 amide bonds. The SMILES string of the molecule is CCOCCCNC(=S)NCCCn1cc(Cl)cn1. The van der Waals surface area contributed by atoms with E-state index in [2.05, 4.69) is 15.7 Å². The van der Waals surface area contributed by atoms with Crippen molar-refractivity contribution in [2.75, 3.05) is 26.3 Å². The standard InChI is InChI=1S/C12H21ClN4OS/c1-2-18-8-4-6-15-12(19)14-5-3-7-17-10-11(13)9-16-17/h9-10H,2-8H2,1H3,(H2,14,15,19). The second-order valence-corrected chi connectivity index (χ2v) is 4.85. The van der Waals surface area contributed by atoms with Crippen LogP contribution in [0.5, 0.6) is 0 Å². The van der Waals surface area contributed by atoms with Crippen LogP contribution in [0.2, 0.25) is 5.02 Å². The summed E-state index contributed by atoms with van der Waals surface area (Å²) in [4.78, 5) is 0. The minimum atomic E-state index is 0.666. The van der Waals surface area contributed by atoms with Crippen molar-refractivity contribution >= 4 is 28.9 Å². The first-order valence-corrected chi connectivity index (χ1v) is 7.28. The topological polar surface area (TPSA) is 51.1 Å². The van der Waals surface area contributed by atoms with Crippen molar-refractivity contribution in [2.24, 2.45) is 0 Å². The van der Waals surface area contributed by atoms with Crippen LogP contribution in [0.15, 0.2) is 12.4 Å². The second kappa shape index (κ2) is 10.00.